The zero-order valence-corrected chi connectivity index (χ0v) is 10.3. The van der Waals surface area contributed by atoms with Gasteiger partial charge in [-0.15, -0.1) is 0 Å². The smallest absolute Gasteiger partial charge is 0.113 e. The van der Waals surface area contributed by atoms with Crippen LogP contribution in [0.5, 0.6) is 0 Å². The second-order valence-electron chi connectivity index (χ2n) is 5.01. The highest BCUT2D eigenvalue weighted by atomic mass is 15.5. The predicted molar refractivity (Wildman–Crippen MR) is 60.0 cm³/mol. The maximum atomic E-state index is 6.01. The highest BCUT2D eigenvalue weighted by Crippen LogP contribution is 2.37. The summed E-state index contributed by atoms with van der Waals surface area (Å²) in [5, 5.41) is 1.87. The van der Waals surface area contributed by atoms with Gasteiger partial charge in [0.1, 0.15) is 6.17 Å². The van der Waals surface area contributed by atoms with Gasteiger partial charge in [-0.25, -0.2) is 5.84 Å². The Balaban J connectivity index is 3.11. The Morgan fingerprint density at radius 2 is 1.86 bits per heavy atom. The average molecular weight is 197 g/mol. The van der Waals surface area contributed by atoms with Gasteiger partial charge in [-0.2, -0.15) is 0 Å². The normalized spacial score (nSPS) is 23.8. The molecule has 2 N–H and O–H groups in total. The first kappa shape index (κ1) is 11.4. The van der Waals surface area contributed by atoms with Crippen molar-refractivity contribution in [3.8, 4) is 0 Å². The number of allylic oxidation sites excluding steroid dienone is 2. The summed E-state index contributed by atoms with van der Waals surface area (Å²) in [5.41, 5.74) is 2.74. The molecule has 0 bridgehead atoms. The van der Waals surface area contributed by atoms with Gasteiger partial charge in [0.15, 0.2) is 0 Å². The van der Waals surface area contributed by atoms with Crippen molar-refractivity contribution < 1.29 is 0 Å². The summed E-state index contributed by atoms with van der Waals surface area (Å²) in [5.74, 6) is 6.01. The molecular formula is C11H23N3. The van der Waals surface area contributed by atoms with E-state index in [0.717, 1.165) is 6.54 Å². The Morgan fingerprint density at radius 3 is 2.14 bits per heavy atom. The van der Waals surface area contributed by atoms with Crippen molar-refractivity contribution in [2.45, 2.75) is 47.7 Å². The van der Waals surface area contributed by atoms with Crippen LogP contribution < -0.4 is 5.84 Å². The van der Waals surface area contributed by atoms with E-state index in [9.17, 15) is 0 Å². The Hall–Kier alpha value is -0.700. The van der Waals surface area contributed by atoms with Crippen LogP contribution in [0.1, 0.15) is 41.5 Å². The van der Waals surface area contributed by atoms with E-state index >= 15 is 0 Å². The van der Waals surface area contributed by atoms with Crippen molar-refractivity contribution in [1.29, 1.82) is 0 Å². The molecule has 1 heterocycles. The molecule has 3 heteroatoms. The van der Waals surface area contributed by atoms with Gasteiger partial charge < -0.3 is 4.90 Å². The van der Waals surface area contributed by atoms with Crippen LogP contribution in [0.2, 0.25) is 0 Å². The van der Waals surface area contributed by atoms with Crippen LogP contribution in [0, 0.1) is 5.41 Å². The van der Waals surface area contributed by atoms with Crippen LogP contribution >= 0.6 is 0 Å². The first-order chi connectivity index (χ1) is 6.30. The maximum absolute atomic E-state index is 6.01. The highest BCUT2D eigenvalue weighted by molar-refractivity contribution is 5.22. The molecule has 0 aromatic rings. The summed E-state index contributed by atoms with van der Waals surface area (Å²) in [4.78, 5) is 2.37. The van der Waals surface area contributed by atoms with E-state index in [1.165, 1.54) is 11.4 Å². The highest BCUT2D eigenvalue weighted by Gasteiger charge is 2.36. The van der Waals surface area contributed by atoms with Crippen LogP contribution in [0.3, 0.4) is 0 Å². The topological polar surface area (TPSA) is 32.5 Å². The molecular weight excluding hydrogens is 174 g/mol. The van der Waals surface area contributed by atoms with Crippen LogP contribution in [-0.4, -0.2) is 22.6 Å². The summed E-state index contributed by atoms with van der Waals surface area (Å²) in [6, 6.07) is 0. The largest absolute Gasteiger partial charge is 0.352 e. The Morgan fingerprint density at radius 1 is 1.36 bits per heavy atom. The lowest BCUT2D eigenvalue weighted by Crippen LogP contribution is -2.42. The first-order valence-corrected chi connectivity index (χ1v) is 5.32. The predicted octanol–water partition coefficient (Wildman–Crippen LogP) is 2.12. The van der Waals surface area contributed by atoms with Crippen LogP contribution in [0.4, 0.5) is 0 Å². The molecule has 0 aromatic carbocycles. The lowest BCUT2D eigenvalue weighted by Gasteiger charge is -2.33. The van der Waals surface area contributed by atoms with E-state index in [-0.39, 0.29) is 11.6 Å². The minimum Gasteiger partial charge on any atom is -0.352 e. The molecule has 1 rings (SSSR count). The quantitative estimate of drug-likeness (QED) is 0.654. The third-order valence-corrected chi connectivity index (χ3v) is 2.92. The fraction of sp³-hybridized carbons (Fsp3) is 0.818. The Bertz CT molecular complexity index is 250. The molecule has 1 atom stereocenters. The van der Waals surface area contributed by atoms with Gasteiger partial charge >= 0.3 is 0 Å². The number of rotatable bonds is 1. The molecule has 1 unspecified atom stereocenters. The molecule has 1 aliphatic heterocycles. The van der Waals surface area contributed by atoms with Gasteiger partial charge in [-0.1, -0.05) is 20.8 Å². The van der Waals surface area contributed by atoms with Crippen molar-refractivity contribution in [2.75, 3.05) is 6.54 Å². The van der Waals surface area contributed by atoms with E-state index in [1.54, 1.807) is 0 Å². The minimum absolute atomic E-state index is 0.169. The van der Waals surface area contributed by atoms with E-state index in [2.05, 4.69) is 46.4 Å². The molecule has 0 amide bonds. The van der Waals surface area contributed by atoms with Crippen molar-refractivity contribution in [1.82, 2.24) is 9.91 Å². The van der Waals surface area contributed by atoms with E-state index in [4.69, 9.17) is 5.84 Å². The fourth-order valence-corrected chi connectivity index (χ4v) is 2.34. The molecule has 0 aromatic heterocycles. The first-order valence-electron chi connectivity index (χ1n) is 5.32. The van der Waals surface area contributed by atoms with Crippen molar-refractivity contribution >= 4 is 0 Å². The van der Waals surface area contributed by atoms with Crippen LogP contribution in [-0.2, 0) is 0 Å². The molecule has 0 saturated carbocycles. The second kappa shape index (κ2) is 3.46. The number of hydrogen-bond acceptors (Lipinski definition) is 3. The van der Waals surface area contributed by atoms with Crippen LogP contribution in [0.15, 0.2) is 11.4 Å². The lowest BCUT2D eigenvalue weighted by atomic mass is 9.90. The summed E-state index contributed by atoms with van der Waals surface area (Å²) >= 11 is 0. The average Bonchev–Trinajstić information content (AvgIpc) is 2.28. The standard InChI is InChI=1S/C11H23N3/c1-7-13-9(3)14(12)8(2)10(13)11(4,5)6/h9H,7,12H2,1-6H3. The van der Waals surface area contributed by atoms with Gasteiger partial charge in [-0.05, 0) is 20.8 Å². The SMILES string of the molecule is CCN1C(C(C)(C)C)=C(C)N(N)C1C. The molecule has 3 nitrogen and oxygen atoms in total. The molecule has 0 radical (unpaired) electrons. The number of hydrogen-bond donors (Lipinski definition) is 1. The Labute approximate surface area is 87.5 Å². The van der Waals surface area contributed by atoms with Crippen molar-refractivity contribution in [2.24, 2.45) is 11.3 Å². The van der Waals surface area contributed by atoms with E-state index in [1.807, 2.05) is 5.01 Å². The second-order valence-corrected chi connectivity index (χ2v) is 5.01. The molecule has 14 heavy (non-hydrogen) atoms. The van der Waals surface area contributed by atoms with Gasteiger partial charge in [-0.3, -0.25) is 5.01 Å². The van der Waals surface area contributed by atoms with Gasteiger partial charge in [0.2, 0.25) is 0 Å². The molecule has 0 fully saturated rings. The Kier molecular flexibility index (Phi) is 2.81. The number of nitrogens with zero attached hydrogens (tertiary/aromatic N) is 2. The third kappa shape index (κ3) is 1.61. The zero-order valence-electron chi connectivity index (χ0n) is 10.3. The van der Waals surface area contributed by atoms with Crippen molar-refractivity contribution in [3.63, 3.8) is 0 Å². The van der Waals surface area contributed by atoms with Gasteiger partial charge in [0.25, 0.3) is 0 Å². The van der Waals surface area contributed by atoms with Crippen molar-refractivity contribution in [3.05, 3.63) is 11.4 Å². The fourth-order valence-electron chi connectivity index (χ4n) is 2.34. The summed E-state index contributed by atoms with van der Waals surface area (Å²) in [6.07, 6.45) is 0.286. The van der Waals surface area contributed by atoms with Gasteiger partial charge in [0, 0.05) is 23.4 Å². The zero-order chi connectivity index (χ0) is 11.1. The summed E-state index contributed by atoms with van der Waals surface area (Å²) in [6.45, 7) is 14.1. The van der Waals surface area contributed by atoms with E-state index in [0.29, 0.717) is 0 Å². The van der Waals surface area contributed by atoms with Crippen LogP contribution in [0.25, 0.3) is 0 Å². The third-order valence-electron chi connectivity index (χ3n) is 2.92. The monoisotopic (exact) mass is 197 g/mol. The molecule has 82 valence electrons. The molecule has 1 aliphatic rings. The summed E-state index contributed by atoms with van der Waals surface area (Å²) < 4.78 is 0. The number of nitrogens with two attached hydrogens (primary N) is 1. The maximum Gasteiger partial charge on any atom is 0.113 e. The minimum atomic E-state index is 0.169. The van der Waals surface area contributed by atoms with Gasteiger partial charge in [0.05, 0.1) is 0 Å². The summed E-state index contributed by atoms with van der Waals surface area (Å²) in [7, 11) is 0. The van der Waals surface area contributed by atoms with E-state index < -0.39 is 0 Å². The number of hydrazine groups is 1. The molecule has 0 saturated heterocycles. The lowest BCUT2D eigenvalue weighted by molar-refractivity contribution is 0.147. The molecule has 0 aliphatic carbocycles. The molecule has 0 spiro atoms.